The van der Waals surface area contributed by atoms with Gasteiger partial charge < -0.3 is 4.90 Å². The first kappa shape index (κ1) is 22.6. The molecule has 0 bridgehead atoms. The molecule has 0 amide bonds. The van der Waals surface area contributed by atoms with Crippen molar-refractivity contribution < 1.29 is 0 Å². The van der Waals surface area contributed by atoms with Crippen LogP contribution in [0, 0.1) is 28.1 Å². The number of rotatable bonds is 3. The predicted molar refractivity (Wildman–Crippen MR) is 137 cm³/mol. The molecule has 0 aromatic heterocycles. The van der Waals surface area contributed by atoms with E-state index in [0.717, 1.165) is 24.0 Å². The highest BCUT2D eigenvalue weighted by Gasteiger charge is 2.36. The van der Waals surface area contributed by atoms with Gasteiger partial charge in [0.1, 0.15) is 17.7 Å². The van der Waals surface area contributed by atoms with Crippen LogP contribution in [0.4, 0.5) is 5.69 Å². The molecule has 2 aromatic rings. The van der Waals surface area contributed by atoms with E-state index in [1.807, 2.05) is 6.08 Å². The number of anilines is 1. The van der Waals surface area contributed by atoms with Gasteiger partial charge in [-0.3, -0.25) is 0 Å². The molecule has 2 aliphatic carbocycles. The van der Waals surface area contributed by atoms with Gasteiger partial charge in [-0.25, -0.2) is 0 Å². The Labute approximate surface area is 198 Å². The van der Waals surface area contributed by atoms with E-state index in [9.17, 15) is 10.5 Å². The molecule has 0 radical (unpaired) electrons. The molecule has 0 fully saturated rings. The lowest BCUT2D eigenvalue weighted by Gasteiger charge is -2.30. The van der Waals surface area contributed by atoms with Gasteiger partial charge in [-0.05, 0) is 69.4 Å². The second-order valence-electron chi connectivity index (χ2n) is 10.7. The van der Waals surface area contributed by atoms with Crippen LogP contribution in [0.5, 0.6) is 0 Å². The highest BCUT2D eigenvalue weighted by molar-refractivity contribution is 5.86. The number of benzene rings is 2. The monoisotopic (exact) mass is 433 g/mol. The third kappa shape index (κ3) is 4.01. The molecule has 0 aliphatic heterocycles. The quantitative estimate of drug-likeness (QED) is 0.482. The minimum atomic E-state index is -0.0282. The Morgan fingerprint density at radius 2 is 1.61 bits per heavy atom. The van der Waals surface area contributed by atoms with Gasteiger partial charge in [-0.1, -0.05) is 70.2 Å². The average molecular weight is 434 g/mol. The van der Waals surface area contributed by atoms with Crippen LogP contribution in [0.15, 0.2) is 65.3 Å². The summed E-state index contributed by atoms with van der Waals surface area (Å²) in [6.07, 6.45) is 8.04. The van der Waals surface area contributed by atoms with Crippen LogP contribution in [0.25, 0.3) is 17.2 Å². The van der Waals surface area contributed by atoms with Crippen LogP contribution in [0.3, 0.4) is 0 Å². The van der Waals surface area contributed by atoms with Gasteiger partial charge in [0.05, 0.1) is 0 Å². The van der Waals surface area contributed by atoms with Crippen LogP contribution < -0.4 is 4.90 Å². The minimum Gasteiger partial charge on any atom is -0.377 e. The summed E-state index contributed by atoms with van der Waals surface area (Å²) in [5, 5.41) is 18.7. The van der Waals surface area contributed by atoms with E-state index < -0.39 is 0 Å². The summed E-state index contributed by atoms with van der Waals surface area (Å²) in [4.78, 5) is 2.17. The van der Waals surface area contributed by atoms with Crippen LogP contribution in [-0.4, -0.2) is 14.1 Å². The van der Waals surface area contributed by atoms with E-state index in [4.69, 9.17) is 0 Å². The zero-order chi connectivity index (χ0) is 24.0. The molecule has 0 spiro atoms. The third-order valence-electron chi connectivity index (χ3n) is 6.95. The summed E-state index contributed by atoms with van der Waals surface area (Å²) in [5.41, 5.74) is 9.90. The van der Waals surface area contributed by atoms with Crippen molar-refractivity contribution in [3.8, 4) is 23.3 Å². The predicted octanol–water partition coefficient (Wildman–Crippen LogP) is 7.16. The number of fused-ring (bicyclic) bond motifs is 3. The molecular formula is C30H31N3. The summed E-state index contributed by atoms with van der Waals surface area (Å²) in [6.45, 7) is 8.99. The smallest absolute Gasteiger partial charge is 0.132 e. The Balaban J connectivity index is 1.82. The molecule has 0 atom stereocenters. The summed E-state index contributed by atoms with van der Waals surface area (Å²) < 4.78 is 0. The molecule has 3 nitrogen and oxygen atoms in total. The maximum absolute atomic E-state index is 9.37. The number of nitrogens with zero attached hydrogens (tertiary/aromatic N) is 3. The van der Waals surface area contributed by atoms with E-state index in [0.29, 0.717) is 0 Å². The minimum absolute atomic E-state index is 0.00792. The van der Waals surface area contributed by atoms with Crippen LogP contribution in [0.2, 0.25) is 0 Å². The molecule has 0 saturated heterocycles. The highest BCUT2D eigenvalue weighted by atomic mass is 15.1. The first-order valence-electron chi connectivity index (χ1n) is 11.4. The van der Waals surface area contributed by atoms with Crippen molar-refractivity contribution >= 4 is 11.8 Å². The largest absolute Gasteiger partial charge is 0.377 e. The first-order valence-corrected chi connectivity index (χ1v) is 11.4. The average Bonchev–Trinajstić information content (AvgIpc) is 2.98. The summed E-state index contributed by atoms with van der Waals surface area (Å²) in [7, 11) is 4.17. The van der Waals surface area contributed by atoms with E-state index in [1.54, 1.807) is 0 Å². The zero-order valence-electron chi connectivity index (χ0n) is 20.5. The molecular weight excluding hydrogens is 402 g/mol. The molecule has 2 aromatic carbocycles. The van der Waals surface area contributed by atoms with Crippen molar-refractivity contribution in [3.63, 3.8) is 0 Å². The van der Waals surface area contributed by atoms with Gasteiger partial charge in [-0.2, -0.15) is 10.5 Å². The molecule has 3 heteroatoms. The number of allylic oxidation sites excluding steroid dienone is 5. The second-order valence-corrected chi connectivity index (χ2v) is 10.7. The van der Waals surface area contributed by atoms with Gasteiger partial charge in [-0.15, -0.1) is 0 Å². The summed E-state index contributed by atoms with van der Waals surface area (Å²) >= 11 is 0. The molecule has 0 saturated carbocycles. The molecule has 4 rings (SSSR count). The van der Waals surface area contributed by atoms with E-state index in [-0.39, 0.29) is 16.4 Å². The van der Waals surface area contributed by atoms with E-state index in [1.165, 1.54) is 33.5 Å². The Kier molecular flexibility index (Phi) is 5.55. The van der Waals surface area contributed by atoms with Gasteiger partial charge >= 0.3 is 0 Å². The van der Waals surface area contributed by atoms with Crippen LogP contribution in [0.1, 0.15) is 57.2 Å². The van der Waals surface area contributed by atoms with Crippen molar-refractivity contribution in [2.75, 3.05) is 19.0 Å². The van der Waals surface area contributed by atoms with Crippen LogP contribution in [-0.2, 0) is 5.41 Å². The maximum Gasteiger partial charge on any atom is 0.132 e. The van der Waals surface area contributed by atoms with Crippen LogP contribution >= 0.6 is 0 Å². The Morgan fingerprint density at radius 3 is 2.27 bits per heavy atom. The Hall–Kier alpha value is -3.56. The zero-order valence-corrected chi connectivity index (χ0v) is 20.5. The lowest BCUT2D eigenvalue weighted by Crippen LogP contribution is -2.18. The van der Waals surface area contributed by atoms with Gasteiger partial charge in [0.25, 0.3) is 0 Å². The molecule has 0 unspecified atom stereocenters. The standard InChI is InChI=1S/C30H31N3/c1-29(2)16-20(13-22(17-29)23(18-31)19-32)11-12-21-14-25-24-9-7-8-10-26(24)30(3,4)27(25)15-28(21)33(5)6/h7-15H,16-17H2,1-6H3/b12-11+. The molecule has 33 heavy (non-hydrogen) atoms. The molecule has 0 heterocycles. The Morgan fingerprint density at radius 1 is 0.909 bits per heavy atom. The normalized spacial score (nSPS) is 17.6. The van der Waals surface area contributed by atoms with Crippen molar-refractivity contribution in [2.24, 2.45) is 5.41 Å². The van der Waals surface area contributed by atoms with Gasteiger partial charge in [0.15, 0.2) is 0 Å². The van der Waals surface area contributed by atoms with E-state index in [2.05, 4.69) is 107 Å². The fourth-order valence-electron chi connectivity index (χ4n) is 5.36. The maximum atomic E-state index is 9.37. The Bertz CT molecular complexity index is 1290. The van der Waals surface area contributed by atoms with Gasteiger partial charge in [0, 0.05) is 25.2 Å². The fourth-order valence-corrected chi connectivity index (χ4v) is 5.36. The third-order valence-corrected chi connectivity index (χ3v) is 6.95. The number of hydrogen-bond donors (Lipinski definition) is 0. The van der Waals surface area contributed by atoms with Crippen molar-refractivity contribution in [3.05, 3.63) is 82.0 Å². The number of nitriles is 2. The SMILES string of the molecule is CN(C)c1cc2c(cc1/C=C/C1=CC(=C(C#N)C#N)CC(C)(C)C1)-c1ccccc1C2(C)C. The highest BCUT2D eigenvalue weighted by Crippen LogP contribution is 2.50. The summed E-state index contributed by atoms with van der Waals surface area (Å²) in [6, 6.07) is 17.5. The van der Waals surface area contributed by atoms with Crippen molar-refractivity contribution in [2.45, 2.75) is 46.0 Å². The topological polar surface area (TPSA) is 50.8 Å². The fraction of sp³-hybridized carbons (Fsp3) is 0.333. The van der Waals surface area contributed by atoms with Gasteiger partial charge in [0.2, 0.25) is 0 Å². The summed E-state index contributed by atoms with van der Waals surface area (Å²) in [5.74, 6) is 0. The second kappa shape index (κ2) is 8.09. The van der Waals surface area contributed by atoms with E-state index >= 15 is 0 Å². The molecule has 0 N–H and O–H groups in total. The molecule has 2 aliphatic rings. The lowest BCUT2D eigenvalue weighted by atomic mass is 9.74. The van der Waals surface area contributed by atoms with Crippen molar-refractivity contribution in [1.29, 1.82) is 10.5 Å². The van der Waals surface area contributed by atoms with Crippen molar-refractivity contribution in [1.82, 2.24) is 0 Å². The lowest BCUT2D eigenvalue weighted by molar-refractivity contribution is 0.354. The first-order chi connectivity index (χ1) is 15.6. The number of hydrogen-bond acceptors (Lipinski definition) is 3. The molecule has 166 valence electrons.